The Hall–Kier alpha value is -1.16. The predicted molar refractivity (Wildman–Crippen MR) is 120 cm³/mol. The standard InChI is InChI=1S/C19H28O2.C6H12O6/c1-18-9-7-13(20)11-12(18)3-4-14-15-5-6-17(21)19(15,2)10-8-16(14)18;7-1-3(9)5(11)6(12)4(10)2-8/h3,13-16,20H,4-11H2,1-2H3;3,5-9,11-12H,1-2H2/t13-,14-,15-,16-,18-,19-;3-,5-,6-/m01/s1. The molecule has 0 aromatic rings. The Morgan fingerprint density at radius 2 is 1.70 bits per heavy atom. The van der Waals surface area contributed by atoms with Gasteiger partial charge in [-0.1, -0.05) is 25.5 Å². The van der Waals surface area contributed by atoms with E-state index in [0.29, 0.717) is 23.0 Å². The van der Waals surface area contributed by atoms with Gasteiger partial charge in [-0.2, -0.15) is 0 Å². The lowest BCUT2D eigenvalue weighted by Crippen LogP contribution is -2.50. The predicted octanol–water partition coefficient (Wildman–Crippen LogP) is 0.502. The molecule has 3 fully saturated rings. The number of allylic oxidation sites excluding steroid dienone is 1. The van der Waals surface area contributed by atoms with Crippen molar-refractivity contribution in [2.75, 3.05) is 13.2 Å². The fraction of sp³-hybridized carbons (Fsp3) is 0.840. The zero-order valence-corrected chi connectivity index (χ0v) is 19.7. The number of carbonyl (C=O) groups excluding carboxylic acids is 2. The number of ketones is 2. The Balaban J connectivity index is 0.000000221. The lowest BCUT2D eigenvalue weighted by molar-refractivity contribution is -0.142. The van der Waals surface area contributed by atoms with Crippen LogP contribution in [-0.2, 0) is 9.59 Å². The zero-order chi connectivity index (χ0) is 24.6. The summed E-state index contributed by atoms with van der Waals surface area (Å²) in [5.41, 5.74) is 1.81. The van der Waals surface area contributed by atoms with Crippen molar-refractivity contribution in [2.45, 2.75) is 89.6 Å². The number of Topliss-reactive ketones (excluding diaryl/α,β-unsaturated/α-hetero) is 2. The lowest BCUT2D eigenvalue weighted by atomic mass is 9.48. The number of carbonyl (C=O) groups is 2. The fourth-order valence-corrected chi connectivity index (χ4v) is 7.02. The van der Waals surface area contributed by atoms with Crippen molar-refractivity contribution < 1.29 is 40.2 Å². The van der Waals surface area contributed by atoms with E-state index in [-0.39, 0.29) is 11.5 Å². The largest absolute Gasteiger partial charge is 0.394 e. The molecule has 3 saturated carbocycles. The second-order valence-corrected chi connectivity index (χ2v) is 10.9. The molecule has 0 aromatic carbocycles. The van der Waals surface area contributed by atoms with E-state index in [1.54, 1.807) is 0 Å². The van der Waals surface area contributed by atoms with Gasteiger partial charge in [0.15, 0.2) is 5.78 Å². The Bertz CT molecular complexity index is 766. The average Bonchev–Trinajstić information content (AvgIpc) is 3.12. The maximum Gasteiger partial charge on any atom is 0.189 e. The molecule has 8 nitrogen and oxygen atoms in total. The van der Waals surface area contributed by atoms with Gasteiger partial charge in [0, 0.05) is 11.8 Å². The van der Waals surface area contributed by atoms with Gasteiger partial charge in [-0.25, -0.2) is 0 Å². The lowest BCUT2D eigenvalue weighted by Gasteiger charge is -2.56. The summed E-state index contributed by atoms with van der Waals surface area (Å²) in [6, 6.07) is 0. The van der Waals surface area contributed by atoms with Gasteiger partial charge < -0.3 is 30.6 Å². The first kappa shape index (κ1) is 26.4. The number of aliphatic hydroxyl groups excluding tert-OH is 6. The van der Waals surface area contributed by atoms with Crippen molar-refractivity contribution in [3.63, 3.8) is 0 Å². The summed E-state index contributed by atoms with van der Waals surface area (Å²) in [5.74, 6) is 1.60. The quantitative estimate of drug-likeness (QED) is 0.319. The molecule has 33 heavy (non-hydrogen) atoms. The molecule has 6 N–H and O–H groups in total. The van der Waals surface area contributed by atoms with Gasteiger partial charge in [-0.05, 0) is 68.1 Å². The van der Waals surface area contributed by atoms with Gasteiger partial charge in [0.05, 0.1) is 12.7 Å². The van der Waals surface area contributed by atoms with E-state index in [9.17, 15) is 14.7 Å². The molecule has 0 aromatic heterocycles. The van der Waals surface area contributed by atoms with Gasteiger partial charge in [0.25, 0.3) is 0 Å². The third-order valence-electron chi connectivity index (χ3n) is 9.18. The minimum Gasteiger partial charge on any atom is -0.394 e. The summed E-state index contributed by atoms with van der Waals surface area (Å²) >= 11 is 0. The molecule has 188 valence electrons. The first-order valence-corrected chi connectivity index (χ1v) is 12.2. The summed E-state index contributed by atoms with van der Waals surface area (Å²) in [6.07, 6.45) is 5.49. The highest BCUT2D eigenvalue weighted by Crippen LogP contribution is 2.63. The molecule has 0 aliphatic heterocycles. The van der Waals surface area contributed by atoms with Gasteiger partial charge in [-0.3, -0.25) is 9.59 Å². The van der Waals surface area contributed by atoms with Crippen LogP contribution in [0.2, 0.25) is 0 Å². The number of hydrogen-bond donors (Lipinski definition) is 6. The first-order valence-electron chi connectivity index (χ1n) is 12.2. The summed E-state index contributed by atoms with van der Waals surface area (Å²) in [7, 11) is 0. The van der Waals surface area contributed by atoms with E-state index in [0.717, 1.165) is 50.9 Å². The van der Waals surface area contributed by atoms with Crippen molar-refractivity contribution in [1.29, 1.82) is 0 Å². The van der Waals surface area contributed by atoms with Gasteiger partial charge in [-0.15, -0.1) is 0 Å². The van der Waals surface area contributed by atoms with E-state index < -0.39 is 37.3 Å². The number of fused-ring (bicyclic) bond motifs is 5. The molecule has 4 aliphatic rings. The highest BCUT2D eigenvalue weighted by molar-refractivity contribution is 5.87. The molecule has 0 amide bonds. The fourth-order valence-electron chi connectivity index (χ4n) is 7.02. The summed E-state index contributed by atoms with van der Waals surface area (Å²) in [4.78, 5) is 22.9. The van der Waals surface area contributed by atoms with E-state index in [4.69, 9.17) is 25.5 Å². The molecule has 4 aliphatic carbocycles. The van der Waals surface area contributed by atoms with Gasteiger partial charge >= 0.3 is 0 Å². The second-order valence-electron chi connectivity index (χ2n) is 10.9. The minimum atomic E-state index is -1.86. The molecular formula is C25H40O8. The van der Waals surface area contributed by atoms with Crippen LogP contribution >= 0.6 is 0 Å². The van der Waals surface area contributed by atoms with Crippen LogP contribution in [0.5, 0.6) is 0 Å². The number of hydrogen-bond acceptors (Lipinski definition) is 8. The van der Waals surface area contributed by atoms with Crippen LogP contribution in [0.1, 0.15) is 65.2 Å². The van der Waals surface area contributed by atoms with Crippen molar-refractivity contribution in [3.05, 3.63) is 11.6 Å². The second kappa shape index (κ2) is 10.2. The van der Waals surface area contributed by atoms with Crippen LogP contribution < -0.4 is 0 Å². The third kappa shape index (κ3) is 4.83. The maximum atomic E-state index is 12.4. The van der Waals surface area contributed by atoms with Crippen LogP contribution in [0.4, 0.5) is 0 Å². The van der Waals surface area contributed by atoms with Crippen LogP contribution in [0.15, 0.2) is 11.6 Å². The molecule has 4 rings (SSSR count). The SMILES string of the molecule is C[C@]12CC[C@H](O)CC1=CC[C@@H]1[C@@H]2CC[C@]2(C)C(=O)CC[C@@H]12.O=C(CO)[C@@H](O)[C@H](O)[C@H](O)CO. The highest BCUT2D eigenvalue weighted by atomic mass is 16.4. The molecule has 8 heteroatoms. The summed E-state index contributed by atoms with van der Waals surface area (Å²) < 4.78 is 0. The summed E-state index contributed by atoms with van der Waals surface area (Å²) in [6.45, 7) is 3.00. The zero-order valence-electron chi connectivity index (χ0n) is 19.7. The Labute approximate surface area is 195 Å². The molecular weight excluding hydrogens is 428 g/mol. The smallest absolute Gasteiger partial charge is 0.189 e. The third-order valence-corrected chi connectivity index (χ3v) is 9.18. The van der Waals surface area contributed by atoms with E-state index in [2.05, 4.69) is 19.9 Å². The van der Waals surface area contributed by atoms with Crippen molar-refractivity contribution in [3.8, 4) is 0 Å². The van der Waals surface area contributed by atoms with Gasteiger partial charge in [0.2, 0.25) is 0 Å². The Morgan fingerprint density at radius 3 is 2.33 bits per heavy atom. The maximum absolute atomic E-state index is 12.4. The average molecular weight is 469 g/mol. The topological polar surface area (TPSA) is 156 Å². The molecule has 0 spiro atoms. The number of aliphatic hydroxyl groups is 6. The molecule has 0 radical (unpaired) electrons. The Kier molecular flexibility index (Phi) is 8.19. The van der Waals surface area contributed by atoms with Crippen molar-refractivity contribution in [2.24, 2.45) is 28.6 Å². The van der Waals surface area contributed by atoms with Crippen molar-refractivity contribution >= 4 is 11.6 Å². The molecule has 0 heterocycles. The monoisotopic (exact) mass is 468 g/mol. The van der Waals surface area contributed by atoms with Crippen LogP contribution in [0, 0.1) is 28.6 Å². The molecule has 9 atom stereocenters. The molecule has 0 saturated heterocycles. The van der Waals surface area contributed by atoms with E-state index in [1.165, 1.54) is 12.0 Å². The van der Waals surface area contributed by atoms with E-state index in [1.807, 2.05) is 0 Å². The first-order chi connectivity index (χ1) is 15.5. The number of rotatable bonds is 5. The minimum absolute atomic E-state index is 0.0168. The molecule has 0 bridgehead atoms. The summed E-state index contributed by atoms with van der Waals surface area (Å²) in [5, 5.41) is 53.1. The molecule has 0 unspecified atom stereocenters. The van der Waals surface area contributed by atoms with E-state index >= 15 is 0 Å². The normalized spacial score (nSPS) is 40.2. The van der Waals surface area contributed by atoms with Crippen LogP contribution in [0.3, 0.4) is 0 Å². The van der Waals surface area contributed by atoms with Crippen molar-refractivity contribution in [1.82, 2.24) is 0 Å². The van der Waals surface area contributed by atoms with Crippen LogP contribution in [0.25, 0.3) is 0 Å². The highest BCUT2D eigenvalue weighted by Gasteiger charge is 2.58. The Morgan fingerprint density at radius 1 is 1.06 bits per heavy atom. The van der Waals surface area contributed by atoms with Gasteiger partial charge in [0.1, 0.15) is 30.7 Å². The van der Waals surface area contributed by atoms with Crippen LogP contribution in [-0.4, -0.2) is 79.8 Å².